The number of carboxylic acids is 1. The summed E-state index contributed by atoms with van der Waals surface area (Å²) in [6, 6.07) is 13.7. The van der Waals surface area contributed by atoms with Gasteiger partial charge in [-0.2, -0.15) is 0 Å². The standard InChI is InChI=1S/C24H25NO5S2/c1-3-29-20-13-18(10-11-19(20)30-15-17-8-6-16(2)7-9-17)14-21-23(28)25(24(31)32-21)12-4-5-22(26)27/h6-11,13-14H,3-5,12,15H2,1-2H3,(H,26,27)/b21-14-. The second-order valence-electron chi connectivity index (χ2n) is 7.24. The van der Waals surface area contributed by atoms with E-state index >= 15 is 0 Å². The normalized spacial score (nSPS) is 14.8. The number of nitrogens with zero attached hydrogens (tertiary/aromatic N) is 1. The maximum atomic E-state index is 12.7. The Balaban J connectivity index is 1.72. The van der Waals surface area contributed by atoms with Crippen LogP contribution in [0.1, 0.15) is 36.5 Å². The molecule has 3 rings (SSSR count). The number of carboxylic acid groups (broad SMARTS) is 1. The molecule has 1 heterocycles. The molecular formula is C24H25NO5S2. The summed E-state index contributed by atoms with van der Waals surface area (Å²) in [5.74, 6) is 0.137. The molecule has 2 aromatic carbocycles. The molecule has 1 amide bonds. The number of aryl methyl sites for hydroxylation is 1. The van der Waals surface area contributed by atoms with E-state index in [0.717, 1.165) is 11.1 Å². The lowest BCUT2D eigenvalue weighted by Gasteiger charge is -2.13. The molecule has 1 N–H and O–H groups in total. The number of carbonyl (C=O) groups is 2. The van der Waals surface area contributed by atoms with E-state index in [1.54, 1.807) is 6.08 Å². The number of rotatable bonds is 10. The van der Waals surface area contributed by atoms with Gasteiger partial charge < -0.3 is 14.6 Å². The molecule has 0 spiro atoms. The van der Waals surface area contributed by atoms with E-state index in [9.17, 15) is 9.59 Å². The van der Waals surface area contributed by atoms with E-state index in [2.05, 4.69) is 0 Å². The van der Waals surface area contributed by atoms with Crippen LogP contribution < -0.4 is 9.47 Å². The molecule has 6 nitrogen and oxygen atoms in total. The van der Waals surface area contributed by atoms with Gasteiger partial charge in [0.1, 0.15) is 10.9 Å². The maximum Gasteiger partial charge on any atom is 0.303 e. The highest BCUT2D eigenvalue weighted by Gasteiger charge is 2.31. The molecule has 0 atom stereocenters. The Labute approximate surface area is 197 Å². The van der Waals surface area contributed by atoms with E-state index in [1.807, 2.05) is 56.3 Å². The van der Waals surface area contributed by atoms with Gasteiger partial charge in [0.15, 0.2) is 11.5 Å². The molecule has 0 unspecified atom stereocenters. The molecule has 0 saturated carbocycles. The molecule has 1 fully saturated rings. The number of carbonyl (C=O) groups excluding carboxylic acids is 1. The highest BCUT2D eigenvalue weighted by atomic mass is 32.2. The average molecular weight is 472 g/mol. The van der Waals surface area contributed by atoms with Crippen molar-refractivity contribution in [2.24, 2.45) is 0 Å². The van der Waals surface area contributed by atoms with Crippen LogP contribution in [0.25, 0.3) is 6.08 Å². The van der Waals surface area contributed by atoms with E-state index in [-0.39, 0.29) is 12.3 Å². The molecule has 8 heteroatoms. The fraction of sp³-hybridized carbons (Fsp3) is 0.292. The number of ether oxygens (including phenoxy) is 2. The largest absolute Gasteiger partial charge is 0.490 e. The molecule has 1 aliphatic rings. The van der Waals surface area contributed by atoms with E-state index in [1.165, 1.54) is 22.2 Å². The van der Waals surface area contributed by atoms with Crippen molar-refractivity contribution in [2.75, 3.05) is 13.2 Å². The van der Waals surface area contributed by atoms with Crippen molar-refractivity contribution >= 4 is 46.3 Å². The number of thioether (sulfide) groups is 1. The first-order chi connectivity index (χ1) is 15.4. The van der Waals surface area contributed by atoms with Crippen LogP contribution in [0, 0.1) is 6.92 Å². The lowest BCUT2D eigenvalue weighted by Crippen LogP contribution is -2.29. The van der Waals surface area contributed by atoms with Crippen LogP contribution in [-0.4, -0.2) is 39.4 Å². The summed E-state index contributed by atoms with van der Waals surface area (Å²) in [4.78, 5) is 25.4. The number of hydrogen-bond acceptors (Lipinski definition) is 6. The summed E-state index contributed by atoms with van der Waals surface area (Å²) in [5, 5.41) is 8.80. The van der Waals surface area contributed by atoms with Crippen molar-refractivity contribution < 1.29 is 24.2 Å². The maximum absolute atomic E-state index is 12.7. The summed E-state index contributed by atoms with van der Waals surface area (Å²) < 4.78 is 12.2. The minimum absolute atomic E-state index is 0.00211. The van der Waals surface area contributed by atoms with Gasteiger partial charge in [-0.25, -0.2) is 0 Å². The van der Waals surface area contributed by atoms with Crippen LogP contribution in [0.15, 0.2) is 47.4 Å². The van der Waals surface area contributed by atoms with Gasteiger partial charge in [0, 0.05) is 13.0 Å². The van der Waals surface area contributed by atoms with Gasteiger partial charge in [0.2, 0.25) is 0 Å². The lowest BCUT2D eigenvalue weighted by molar-refractivity contribution is -0.137. The Hall–Kier alpha value is -2.84. The molecule has 32 heavy (non-hydrogen) atoms. The van der Waals surface area contributed by atoms with Gasteiger partial charge in [-0.05, 0) is 49.6 Å². The summed E-state index contributed by atoms with van der Waals surface area (Å²) in [6.45, 7) is 5.15. The third-order valence-electron chi connectivity index (χ3n) is 4.73. The van der Waals surface area contributed by atoms with Crippen molar-refractivity contribution in [3.63, 3.8) is 0 Å². The van der Waals surface area contributed by atoms with Crippen LogP contribution in [-0.2, 0) is 16.2 Å². The molecule has 0 radical (unpaired) electrons. The number of hydrogen-bond donors (Lipinski definition) is 1. The van der Waals surface area contributed by atoms with E-state index in [4.69, 9.17) is 26.8 Å². The van der Waals surface area contributed by atoms with Crippen molar-refractivity contribution in [3.05, 3.63) is 64.1 Å². The Morgan fingerprint density at radius 1 is 1.16 bits per heavy atom. The summed E-state index contributed by atoms with van der Waals surface area (Å²) in [7, 11) is 0. The Bertz CT molecular complexity index is 1030. The lowest BCUT2D eigenvalue weighted by atomic mass is 10.1. The third-order valence-corrected chi connectivity index (χ3v) is 6.10. The zero-order chi connectivity index (χ0) is 23.1. The topological polar surface area (TPSA) is 76.1 Å². The number of benzene rings is 2. The van der Waals surface area contributed by atoms with Crippen LogP contribution in [0.4, 0.5) is 0 Å². The molecule has 0 bridgehead atoms. The summed E-state index contributed by atoms with van der Waals surface area (Å²) >= 11 is 6.52. The average Bonchev–Trinajstić information content (AvgIpc) is 3.01. The van der Waals surface area contributed by atoms with Crippen molar-refractivity contribution in [3.8, 4) is 11.5 Å². The number of aliphatic carboxylic acids is 1. The monoisotopic (exact) mass is 471 g/mol. The van der Waals surface area contributed by atoms with Crippen LogP contribution in [0.5, 0.6) is 11.5 Å². The first-order valence-electron chi connectivity index (χ1n) is 10.3. The summed E-state index contributed by atoms with van der Waals surface area (Å²) in [5.41, 5.74) is 3.05. The van der Waals surface area contributed by atoms with E-state index < -0.39 is 5.97 Å². The Morgan fingerprint density at radius 3 is 2.59 bits per heavy atom. The molecule has 168 valence electrons. The molecule has 1 aliphatic heterocycles. The zero-order valence-electron chi connectivity index (χ0n) is 18.0. The molecule has 0 aromatic heterocycles. The Kier molecular flexibility index (Phi) is 8.30. The van der Waals surface area contributed by atoms with Gasteiger partial charge in [-0.15, -0.1) is 0 Å². The SMILES string of the molecule is CCOc1cc(/C=C2\SC(=S)N(CCCC(=O)O)C2=O)ccc1OCc1ccc(C)cc1. The predicted molar refractivity (Wildman–Crippen MR) is 130 cm³/mol. The minimum Gasteiger partial charge on any atom is -0.490 e. The fourth-order valence-electron chi connectivity index (χ4n) is 3.08. The molecule has 1 saturated heterocycles. The third kappa shape index (κ3) is 6.34. The quantitative estimate of drug-likeness (QED) is 0.384. The second kappa shape index (κ2) is 11.2. The zero-order valence-corrected chi connectivity index (χ0v) is 19.6. The molecular weight excluding hydrogens is 446 g/mol. The predicted octanol–water partition coefficient (Wildman–Crippen LogP) is 5.04. The van der Waals surface area contributed by atoms with Crippen molar-refractivity contribution in [2.45, 2.75) is 33.3 Å². The van der Waals surface area contributed by atoms with Gasteiger partial charge in [-0.1, -0.05) is 59.9 Å². The highest BCUT2D eigenvalue weighted by Crippen LogP contribution is 2.35. The Morgan fingerprint density at radius 2 is 1.91 bits per heavy atom. The van der Waals surface area contributed by atoms with Crippen LogP contribution in [0.3, 0.4) is 0 Å². The second-order valence-corrected chi connectivity index (χ2v) is 8.92. The number of thiocarbonyl (C=S) groups is 1. The van der Waals surface area contributed by atoms with Crippen LogP contribution in [0.2, 0.25) is 0 Å². The number of amides is 1. The van der Waals surface area contributed by atoms with Gasteiger partial charge >= 0.3 is 5.97 Å². The first-order valence-corrected chi connectivity index (χ1v) is 11.5. The van der Waals surface area contributed by atoms with Gasteiger partial charge in [0.25, 0.3) is 5.91 Å². The van der Waals surface area contributed by atoms with Gasteiger partial charge in [0.05, 0.1) is 11.5 Å². The molecule has 2 aromatic rings. The fourth-order valence-corrected chi connectivity index (χ4v) is 4.39. The summed E-state index contributed by atoms with van der Waals surface area (Å²) in [6.07, 6.45) is 2.12. The van der Waals surface area contributed by atoms with Crippen molar-refractivity contribution in [1.82, 2.24) is 4.90 Å². The van der Waals surface area contributed by atoms with Gasteiger partial charge in [-0.3, -0.25) is 14.5 Å². The minimum atomic E-state index is -0.890. The molecule has 0 aliphatic carbocycles. The first kappa shape index (κ1) is 23.8. The highest BCUT2D eigenvalue weighted by molar-refractivity contribution is 8.26. The van der Waals surface area contributed by atoms with Crippen molar-refractivity contribution in [1.29, 1.82) is 0 Å². The van der Waals surface area contributed by atoms with Crippen LogP contribution >= 0.6 is 24.0 Å². The van der Waals surface area contributed by atoms with E-state index in [0.29, 0.717) is 46.9 Å². The smallest absolute Gasteiger partial charge is 0.303 e.